The molecule has 1 saturated carbocycles. The van der Waals surface area contributed by atoms with Crippen LogP contribution in [0, 0.1) is 5.92 Å². The fourth-order valence-corrected chi connectivity index (χ4v) is 2.21. The topological polar surface area (TPSA) is 30.7 Å². The molecule has 3 nitrogen and oxygen atoms in total. The third-order valence-electron chi connectivity index (χ3n) is 2.67. The highest BCUT2D eigenvalue weighted by Crippen LogP contribution is 2.39. The van der Waals surface area contributed by atoms with Crippen molar-refractivity contribution in [3.63, 3.8) is 0 Å². The largest absolute Gasteiger partial charge is 0.252 e. The number of aromatic nitrogens is 3. The van der Waals surface area contributed by atoms with Gasteiger partial charge in [0, 0.05) is 30.9 Å². The van der Waals surface area contributed by atoms with E-state index in [0.29, 0.717) is 18.3 Å². The van der Waals surface area contributed by atoms with Gasteiger partial charge in [0.1, 0.15) is 0 Å². The van der Waals surface area contributed by atoms with Crippen LogP contribution in [0.2, 0.25) is 0 Å². The van der Waals surface area contributed by atoms with Crippen molar-refractivity contribution in [2.45, 2.75) is 37.1 Å². The van der Waals surface area contributed by atoms with Gasteiger partial charge in [0.15, 0.2) is 0 Å². The van der Waals surface area contributed by atoms with Crippen molar-refractivity contribution in [1.82, 2.24) is 15.0 Å². The first-order chi connectivity index (χ1) is 7.09. The van der Waals surface area contributed by atoms with Crippen molar-refractivity contribution in [1.29, 1.82) is 0 Å². The molecule has 1 unspecified atom stereocenters. The molecule has 1 fully saturated rings. The van der Waals surface area contributed by atoms with Crippen LogP contribution in [0.3, 0.4) is 0 Å². The zero-order chi connectivity index (χ0) is 10.9. The summed E-state index contributed by atoms with van der Waals surface area (Å²) in [7, 11) is 0. The van der Waals surface area contributed by atoms with Gasteiger partial charge < -0.3 is 0 Å². The fourth-order valence-electron chi connectivity index (χ4n) is 1.95. The Labute approximate surface area is 95.0 Å². The number of hydrogen-bond donors (Lipinski definition) is 0. The van der Waals surface area contributed by atoms with Gasteiger partial charge in [0.2, 0.25) is 5.92 Å². The zero-order valence-corrected chi connectivity index (χ0v) is 9.75. The van der Waals surface area contributed by atoms with Gasteiger partial charge in [-0.2, -0.15) is 0 Å². The van der Waals surface area contributed by atoms with Crippen LogP contribution in [0.5, 0.6) is 0 Å². The Morgan fingerprint density at radius 3 is 2.93 bits per heavy atom. The second-order valence-corrected chi connectivity index (χ2v) is 4.59. The molecule has 0 saturated heterocycles. The van der Waals surface area contributed by atoms with Crippen LogP contribution in [-0.2, 0) is 11.9 Å². The van der Waals surface area contributed by atoms with Gasteiger partial charge in [-0.15, -0.1) is 5.10 Å². The number of rotatable bonds is 3. The molecule has 1 aromatic rings. The lowest BCUT2D eigenvalue weighted by Crippen LogP contribution is -2.13. The quantitative estimate of drug-likeness (QED) is 0.797. The van der Waals surface area contributed by atoms with E-state index >= 15 is 0 Å². The monoisotopic (exact) mass is 279 g/mol. The molecule has 0 aliphatic heterocycles. The Bertz CT molecular complexity index is 340. The summed E-state index contributed by atoms with van der Waals surface area (Å²) in [4.78, 5) is 0. The molecule has 1 aromatic heterocycles. The van der Waals surface area contributed by atoms with Gasteiger partial charge in [-0.05, 0) is 12.3 Å². The Hall–Kier alpha value is -0.520. The molecule has 84 valence electrons. The zero-order valence-electron chi connectivity index (χ0n) is 8.17. The van der Waals surface area contributed by atoms with E-state index in [2.05, 4.69) is 26.2 Å². The summed E-state index contributed by atoms with van der Waals surface area (Å²) in [6, 6.07) is 0. The first-order valence-electron chi connectivity index (χ1n) is 4.92. The summed E-state index contributed by atoms with van der Waals surface area (Å²) in [6.07, 6.45) is 2.37. The summed E-state index contributed by atoms with van der Waals surface area (Å²) < 4.78 is 27.5. The highest BCUT2D eigenvalue weighted by molar-refractivity contribution is 9.08. The molecule has 0 spiro atoms. The van der Waals surface area contributed by atoms with Gasteiger partial charge in [0.05, 0.1) is 5.69 Å². The van der Waals surface area contributed by atoms with E-state index < -0.39 is 5.92 Å². The molecule has 1 atom stereocenters. The predicted octanol–water partition coefficient (Wildman–Crippen LogP) is 2.61. The summed E-state index contributed by atoms with van der Waals surface area (Å²) >= 11 is 3.27. The number of halogens is 3. The van der Waals surface area contributed by atoms with Crippen molar-refractivity contribution >= 4 is 15.9 Å². The lowest BCUT2D eigenvalue weighted by molar-refractivity contribution is 0.00420. The fraction of sp³-hybridized carbons (Fsp3) is 0.778. The molecule has 1 heterocycles. The van der Waals surface area contributed by atoms with Crippen molar-refractivity contribution in [3.05, 3.63) is 11.9 Å². The first kappa shape index (κ1) is 11.0. The maximum atomic E-state index is 12.9. The number of hydrogen-bond acceptors (Lipinski definition) is 2. The minimum absolute atomic E-state index is 0.0116. The van der Waals surface area contributed by atoms with E-state index in [1.54, 1.807) is 10.9 Å². The standard InChI is InChI=1S/C9H12BrF2N3/c10-4-8-6-15(14-13-8)5-7-1-2-9(11,12)3-7/h6-7H,1-5H2. The second kappa shape index (κ2) is 4.15. The molecule has 1 aliphatic carbocycles. The minimum Gasteiger partial charge on any atom is -0.252 e. The molecule has 1 aliphatic rings. The van der Waals surface area contributed by atoms with Gasteiger partial charge >= 0.3 is 0 Å². The van der Waals surface area contributed by atoms with Crippen molar-refractivity contribution < 1.29 is 8.78 Å². The number of nitrogens with zero attached hydrogens (tertiary/aromatic N) is 3. The molecular formula is C9H12BrF2N3. The molecule has 2 rings (SSSR count). The van der Waals surface area contributed by atoms with Crippen LogP contribution in [-0.4, -0.2) is 20.9 Å². The number of alkyl halides is 3. The van der Waals surface area contributed by atoms with Gasteiger partial charge in [-0.25, -0.2) is 8.78 Å². The second-order valence-electron chi connectivity index (χ2n) is 4.03. The van der Waals surface area contributed by atoms with Crippen molar-refractivity contribution in [2.24, 2.45) is 5.92 Å². The van der Waals surface area contributed by atoms with Crippen LogP contribution in [0.15, 0.2) is 6.20 Å². The summed E-state index contributed by atoms with van der Waals surface area (Å²) in [6.45, 7) is 0.551. The van der Waals surface area contributed by atoms with E-state index in [1.165, 1.54) is 0 Å². The van der Waals surface area contributed by atoms with E-state index in [0.717, 1.165) is 5.69 Å². The predicted molar refractivity (Wildman–Crippen MR) is 54.9 cm³/mol. The summed E-state index contributed by atoms with van der Waals surface area (Å²) in [5, 5.41) is 8.43. The lowest BCUT2D eigenvalue weighted by Gasteiger charge is -2.09. The average Bonchev–Trinajstić information content (AvgIpc) is 2.73. The van der Waals surface area contributed by atoms with Crippen LogP contribution in [0.1, 0.15) is 25.0 Å². The third-order valence-corrected chi connectivity index (χ3v) is 3.25. The smallest absolute Gasteiger partial charge is 0.248 e. The van der Waals surface area contributed by atoms with E-state index in [4.69, 9.17) is 0 Å². The lowest BCUT2D eigenvalue weighted by atomic mass is 10.1. The Balaban J connectivity index is 1.92. The van der Waals surface area contributed by atoms with Gasteiger partial charge in [0.25, 0.3) is 0 Å². The van der Waals surface area contributed by atoms with Crippen LogP contribution in [0.25, 0.3) is 0 Å². The Morgan fingerprint density at radius 1 is 1.60 bits per heavy atom. The summed E-state index contributed by atoms with van der Waals surface area (Å²) in [5.74, 6) is -2.44. The molecule has 0 N–H and O–H groups in total. The first-order valence-corrected chi connectivity index (χ1v) is 6.04. The summed E-state index contributed by atoms with van der Waals surface area (Å²) in [5.41, 5.74) is 0.833. The average molecular weight is 280 g/mol. The highest BCUT2D eigenvalue weighted by atomic mass is 79.9. The minimum atomic E-state index is -2.47. The third kappa shape index (κ3) is 2.74. The maximum absolute atomic E-state index is 12.9. The van der Waals surface area contributed by atoms with Crippen LogP contribution in [0.4, 0.5) is 8.78 Å². The SMILES string of the molecule is FC1(F)CCC(Cn2cc(CBr)nn2)C1. The van der Waals surface area contributed by atoms with E-state index in [1.807, 2.05) is 0 Å². The molecule has 15 heavy (non-hydrogen) atoms. The molecular weight excluding hydrogens is 268 g/mol. The molecule has 0 bridgehead atoms. The molecule has 0 aromatic carbocycles. The molecule has 6 heteroatoms. The van der Waals surface area contributed by atoms with E-state index in [9.17, 15) is 8.78 Å². The normalized spacial score (nSPS) is 24.6. The van der Waals surface area contributed by atoms with Crippen molar-refractivity contribution in [2.75, 3.05) is 0 Å². The van der Waals surface area contributed by atoms with Crippen LogP contribution < -0.4 is 0 Å². The van der Waals surface area contributed by atoms with Gasteiger partial charge in [-0.3, -0.25) is 4.68 Å². The Morgan fingerprint density at radius 2 is 2.40 bits per heavy atom. The van der Waals surface area contributed by atoms with E-state index in [-0.39, 0.29) is 18.8 Å². The van der Waals surface area contributed by atoms with Gasteiger partial charge in [-0.1, -0.05) is 21.1 Å². The highest BCUT2D eigenvalue weighted by Gasteiger charge is 2.39. The molecule has 0 radical (unpaired) electrons. The maximum Gasteiger partial charge on any atom is 0.248 e. The van der Waals surface area contributed by atoms with Crippen molar-refractivity contribution in [3.8, 4) is 0 Å². The Kier molecular flexibility index (Phi) is 3.04. The van der Waals surface area contributed by atoms with Crippen LogP contribution >= 0.6 is 15.9 Å². The molecule has 0 amide bonds.